The monoisotopic (exact) mass is 409 g/mol. The second kappa shape index (κ2) is 8.74. The Morgan fingerprint density at radius 1 is 1.03 bits per heavy atom. The van der Waals surface area contributed by atoms with Crippen LogP contribution in [0.2, 0.25) is 0 Å². The van der Waals surface area contributed by atoms with Crippen LogP contribution in [-0.2, 0) is 11.2 Å². The minimum absolute atomic E-state index is 0.117. The van der Waals surface area contributed by atoms with Gasteiger partial charge in [-0.3, -0.25) is 4.79 Å². The summed E-state index contributed by atoms with van der Waals surface area (Å²) in [7, 11) is 0. The molecule has 1 aliphatic rings. The van der Waals surface area contributed by atoms with E-state index in [1.165, 1.54) is 17.7 Å². The number of nitrogens with zero attached hydrogens (tertiary/aromatic N) is 3. The van der Waals surface area contributed by atoms with Crippen molar-refractivity contribution < 1.29 is 9.18 Å². The number of halogens is 1. The van der Waals surface area contributed by atoms with Gasteiger partial charge in [-0.25, -0.2) is 9.37 Å². The maximum Gasteiger partial charge on any atom is 0.228 e. The first-order chi connectivity index (χ1) is 14.1. The number of anilines is 1. The summed E-state index contributed by atoms with van der Waals surface area (Å²) in [6.45, 7) is 5.09. The lowest BCUT2D eigenvalue weighted by atomic mass is 10.2. The molecule has 1 fully saturated rings. The Kier molecular flexibility index (Phi) is 5.90. The lowest BCUT2D eigenvalue weighted by Crippen LogP contribution is -2.36. The number of carbonyl (C=O) groups is 1. The van der Waals surface area contributed by atoms with Crippen LogP contribution in [0, 0.1) is 12.7 Å². The number of thiazole rings is 1. The van der Waals surface area contributed by atoms with E-state index in [0.717, 1.165) is 48.0 Å². The Bertz CT molecular complexity index is 969. The van der Waals surface area contributed by atoms with Crippen LogP contribution in [0.4, 0.5) is 10.1 Å². The predicted molar refractivity (Wildman–Crippen MR) is 116 cm³/mol. The Morgan fingerprint density at radius 3 is 2.55 bits per heavy atom. The van der Waals surface area contributed by atoms with E-state index in [-0.39, 0.29) is 11.7 Å². The summed E-state index contributed by atoms with van der Waals surface area (Å²) in [5.41, 5.74) is 4.14. The van der Waals surface area contributed by atoms with E-state index < -0.39 is 0 Å². The largest absolute Gasteiger partial charge is 0.370 e. The van der Waals surface area contributed by atoms with Gasteiger partial charge < -0.3 is 9.80 Å². The lowest BCUT2D eigenvalue weighted by molar-refractivity contribution is -0.130. The van der Waals surface area contributed by atoms with Gasteiger partial charge in [0.1, 0.15) is 10.8 Å². The summed E-state index contributed by atoms with van der Waals surface area (Å²) < 4.78 is 13.2. The van der Waals surface area contributed by atoms with E-state index in [9.17, 15) is 9.18 Å². The summed E-state index contributed by atoms with van der Waals surface area (Å²) in [5, 5.41) is 2.93. The molecule has 3 aromatic rings. The quantitative estimate of drug-likeness (QED) is 0.635. The molecule has 6 heteroatoms. The van der Waals surface area contributed by atoms with Gasteiger partial charge in [0.05, 0.1) is 12.1 Å². The Morgan fingerprint density at radius 2 is 1.79 bits per heavy atom. The molecule has 4 nitrogen and oxygen atoms in total. The normalized spacial score (nSPS) is 14.7. The molecule has 4 rings (SSSR count). The lowest BCUT2D eigenvalue weighted by Gasteiger charge is -2.23. The maximum atomic E-state index is 13.2. The minimum Gasteiger partial charge on any atom is -0.370 e. The minimum atomic E-state index is -0.228. The average molecular weight is 410 g/mol. The first-order valence-corrected chi connectivity index (χ1v) is 10.8. The molecular weight excluding hydrogens is 385 g/mol. The molecule has 29 heavy (non-hydrogen) atoms. The Labute approximate surface area is 174 Å². The summed E-state index contributed by atoms with van der Waals surface area (Å²) in [6, 6.07) is 14.9. The van der Waals surface area contributed by atoms with Crippen molar-refractivity contribution in [1.29, 1.82) is 0 Å². The fraction of sp³-hybridized carbons (Fsp3) is 0.304. The standard InChI is InChI=1S/C23H24FN3OS/c1-17-3-5-18(6-4-17)23-25-20(16-29-23)15-22(28)27-12-2-11-26(13-14-27)21-9-7-19(24)8-10-21/h3-10,16H,2,11-15H2,1H3. The number of carbonyl (C=O) groups excluding carboxylic acids is 1. The molecule has 1 aliphatic heterocycles. The molecule has 2 aromatic carbocycles. The van der Waals surface area contributed by atoms with Crippen molar-refractivity contribution in [2.75, 3.05) is 31.1 Å². The highest BCUT2D eigenvalue weighted by Gasteiger charge is 2.20. The molecule has 0 bridgehead atoms. The van der Waals surface area contributed by atoms with Crippen LogP contribution in [-0.4, -0.2) is 42.0 Å². The van der Waals surface area contributed by atoms with Crippen molar-refractivity contribution in [1.82, 2.24) is 9.88 Å². The average Bonchev–Trinajstić information content (AvgIpc) is 3.04. The van der Waals surface area contributed by atoms with Gasteiger partial charge >= 0.3 is 0 Å². The second-order valence-electron chi connectivity index (χ2n) is 7.38. The first kappa shape index (κ1) is 19.6. The smallest absolute Gasteiger partial charge is 0.228 e. The third-order valence-corrected chi connectivity index (χ3v) is 6.16. The van der Waals surface area contributed by atoms with Crippen molar-refractivity contribution in [3.8, 4) is 10.6 Å². The molecule has 2 heterocycles. The molecule has 0 radical (unpaired) electrons. The van der Waals surface area contributed by atoms with Crippen LogP contribution >= 0.6 is 11.3 Å². The molecule has 0 aliphatic carbocycles. The van der Waals surface area contributed by atoms with Crippen molar-refractivity contribution in [2.24, 2.45) is 0 Å². The van der Waals surface area contributed by atoms with Gasteiger partial charge in [0.15, 0.2) is 0 Å². The van der Waals surface area contributed by atoms with E-state index >= 15 is 0 Å². The van der Waals surface area contributed by atoms with Crippen molar-refractivity contribution >= 4 is 22.9 Å². The number of hydrogen-bond donors (Lipinski definition) is 0. The van der Waals surface area contributed by atoms with E-state index in [2.05, 4.69) is 41.1 Å². The summed E-state index contributed by atoms with van der Waals surface area (Å²) in [4.78, 5) is 21.6. The topological polar surface area (TPSA) is 36.4 Å². The molecule has 0 atom stereocenters. The molecule has 0 unspecified atom stereocenters. The van der Waals surface area contributed by atoms with Gasteiger partial charge in [0, 0.05) is 42.8 Å². The van der Waals surface area contributed by atoms with Crippen molar-refractivity contribution in [2.45, 2.75) is 19.8 Å². The van der Waals surface area contributed by atoms with Gasteiger partial charge in [-0.05, 0) is 37.6 Å². The zero-order valence-corrected chi connectivity index (χ0v) is 17.3. The molecule has 1 aromatic heterocycles. The van der Waals surface area contributed by atoms with Gasteiger partial charge in [-0.15, -0.1) is 11.3 Å². The number of amides is 1. The zero-order chi connectivity index (χ0) is 20.2. The molecular formula is C23H24FN3OS. The van der Waals surface area contributed by atoms with Crippen LogP contribution in [0.5, 0.6) is 0 Å². The number of hydrogen-bond acceptors (Lipinski definition) is 4. The fourth-order valence-corrected chi connectivity index (χ4v) is 4.39. The fourth-order valence-electron chi connectivity index (χ4n) is 3.56. The van der Waals surface area contributed by atoms with Gasteiger partial charge in [-0.1, -0.05) is 29.8 Å². The van der Waals surface area contributed by atoms with E-state index in [4.69, 9.17) is 0 Å². The van der Waals surface area contributed by atoms with Crippen LogP contribution in [0.25, 0.3) is 10.6 Å². The molecule has 150 valence electrons. The zero-order valence-electron chi connectivity index (χ0n) is 16.5. The van der Waals surface area contributed by atoms with Crippen molar-refractivity contribution in [3.63, 3.8) is 0 Å². The molecule has 1 saturated heterocycles. The van der Waals surface area contributed by atoms with Crippen LogP contribution < -0.4 is 4.90 Å². The molecule has 0 spiro atoms. The Balaban J connectivity index is 1.36. The molecule has 0 N–H and O–H groups in total. The third kappa shape index (κ3) is 4.82. The van der Waals surface area contributed by atoms with Gasteiger partial charge in [0.2, 0.25) is 5.91 Å². The number of aryl methyl sites for hydroxylation is 1. The van der Waals surface area contributed by atoms with E-state index in [1.54, 1.807) is 23.5 Å². The van der Waals surface area contributed by atoms with E-state index in [1.807, 2.05) is 10.3 Å². The predicted octanol–water partition coefficient (Wildman–Crippen LogP) is 4.54. The number of aromatic nitrogens is 1. The highest BCUT2D eigenvalue weighted by molar-refractivity contribution is 7.13. The van der Waals surface area contributed by atoms with Crippen molar-refractivity contribution in [3.05, 3.63) is 71.0 Å². The highest BCUT2D eigenvalue weighted by atomic mass is 32.1. The van der Waals surface area contributed by atoms with Crippen LogP contribution in [0.1, 0.15) is 17.7 Å². The van der Waals surface area contributed by atoms with Crippen LogP contribution in [0.3, 0.4) is 0 Å². The molecule has 1 amide bonds. The first-order valence-electron chi connectivity index (χ1n) is 9.88. The van der Waals surface area contributed by atoms with Crippen LogP contribution in [0.15, 0.2) is 53.9 Å². The number of benzene rings is 2. The second-order valence-corrected chi connectivity index (χ2v) is 8.24. The van der Waals surface area contributed by atoms with Gasteiger partial charge in [0.25, 0.3) is 0 Å². The summed E-state index contributed by atoms with van der Waals surface area (Å²) in [6.07, 6.45) is 1.23. The number of rotatable bonds is 4. The summed E-state index contributed by atoms with van der Waals surface area (Å²) >= 11 is 1.58. The highest BCUT2D eigenvalue weighted by Crippen LogP contribution is 2.24. The SMILES string of the molecule is Cc1ccc(-c2nc(CC(=O)N3CCCN(c4ccc(F)cc4)CC3)cs2)cc1. The molecule has 0 saturated carbocycles. The third-order valence-electron chi connectivity index (χ3n) is 5.22. The van der Waals surface area contributed by atoms with E-state index in [0.29, 0.717) is 13.0 Å². The van der Waals surface area contributed by atoms with Gasteiger partial charge in [-0.2, -0.15) is 0 Å². The summed E-state index contributed by atoms with van der Waals surface area (Å²) in [5.74, 6) is -0.111. The Hall–Kier alpha value is -2.73. The maximum absolute atomic E-state index is 13.2.